The lowest BCUT2D eigenvalue weighted by Crippen LogP contribution is -2.25. The van der Waals surface area contributed by atoms with Gasteiger partial charge in [-0.2, -0.15) is 0 Å². The van der Waals surface area contributed by atoms with Gasteiger partial charge >= 0.3 is 5.97 Å². The van der Waals surface area contributed by atoms with Gasteiger partial charge in [-0.15, -0.1) is 0 Å². The Morgan fingerprint density at radius 2 is 2.26 bits per heavy atom. The zero-order valence-corrected chi connectivity index (χ0v) is 11.5. The third-order valence-electron chi connectivity index (χ3n) is 3.92. The minimum absolute atomic E-state index is 0.259. The van der Waals surface area contributed by atoms with Crippen molar-refractivity contribution in [3.8, 4) is 5.75 Å². The molecule has 0 spiro atoms. The maximum absolute atomic E-state index is 10.8. The highest BCUT2D eigenvalue weighted by Gasteiger charge is 2.29. The molecule has 4 nitrogen and oxygen atoms in total. The van der Waals surface area contributed by atoms with Gasteiger partial charge in [-0.1, -0.05) is 18.2 Å². The molecular formula is C15H21NO3. The minimum atomic E-state index is -0.697. The molecule has 1 aromatic carbocycles. The van der Waals surface area contributed by atoms with E-state index in [2.05, 4.69) is 17.9 Å². The predicted molar refractivity (Wildman–Crippen MR) is 73.3 cm³/mol. The first-order valence-corrected chi connectivity index (χ1v) is 6.70. The molecule has 1 N–H and O–H groups in total. The van der Waals surface area contributed by atoms with E-state index in [1.807, 2.05) is 18.2 Å². The summed E-state index contributed by atoms with van der Waals surface area (Å²) in [6, 6.07) is 8.28. The number of methoxy groups -OCH3 is 1. The predicted octanol–water partition coefficient (Wildman–Crippen LogP) is 2.55. The Kier molecular flexibility index (Phi) is 4.43. The molecule has 1 aliphatic heterocycles. The minimum Gasteiger partial charge on any atom is -0.496 e. The summed E-state index contributed by atoms with van der Waals surface area (Å²) in [5.41, 5.74) is 1.17. The number of benzene rings is 1. The Morgan fingerprint density at radius 3 is 2.95 bits per heavy atom. The molecule has 0 bridgehead atoms. The van der Waals surface area contributed by atoms with Crippen molar-refractivity contribution in [1.82, 2.24) is 4.90 Å². The van der Waals surface area contributed by atoms with Crippen LogP contribution in [-0.4, -0.2) is 36.2 Å². The molecule has 1 aliphatic rings. The number of hydrogen-bond acceptors (Lipinski definition) is 3. The van der Waals surface area contributed by atoms with Crippen LogP contribution in [-0.2, 0) is 4.79 Å². The van der Waals surface area contributed by atoms with Gasteiger partial charge in [0.2, 0.25) is 0 Å². The summed E-state index contributed by atoms with van der Waals surface area (Å²) < 4.78 is 5.40. The molecular weight excluding hydrogens is 242 g/mol. The van der Waals surface area contributed by atoms with Crippen LogP contribution < -0.4 is 4.74 Å². The monoisotopic (exact) mass is 263 g/mol. The van der Waals surface area contributed by atoms with E-state index in [1.165, 1.54) is 5.56 Å². The first-order valence-electron chi connectivity index (χ1n) is 6.70. The Labute approximate surface area is 114 Å². The van der Waals surface area contributed by atoms with Gasteiger partial charge in [-0.3, -0.25) is 9.69 Å². The van der Waals surface area contributed by atoms with Crippen molar-refractivity contribution in [3.05, 3.63) is 29.8 Å². The summed E-state index contributed by atoms with van der Waals surface area (Å²) in [7, 11) is 1.68. The maximum atomic E-state index is 10.8. The number of carboxylic acid groups (broad SMARTS) is 1. The third kappa shape index (κ3) is 3.26. The average molecular weight is 263 g/mol. The van der Waals surface area contributed by atoms with Crippen LogP contribution in [0.5, 0.6) is 5.75 Å². The van der Waals surface area contributed by atoms with Gasteiger partial charge < -0.3 is 9.84 Å². The molecule has 1 saturated heterocycles. The molecule has 0 radical (unpaired) electrons. The van der Waals surface area contributed by atoms with Crippen molar-refractivity contribution in [2.45, 2.75) is 25.8 Å². The number of ether oxygens (including phenoxy) is 1. The van der Waals surface area contributed by atoms with E-state index in [4.69, 9.17) is 9.84 Å². The molecule has 104 valence electrons. The number of aliphatic carboxylic acids is 1. The van der Waals surface area contributed by atoms with Crippen LogP contribution in [0.25, 0.3) is 0 Å². The number of carboxylic acids is 1. The lowest BCUT2D eigenvalue weighted by Gasteiger charge is -2.26. The fraction of sp³-hybridized carbons (Fsp3) is 0.533. The molecule has 0 amide bonds. The van der Waals surface area contributed by atoms with Gasteiger partial charge in [0.05, 0.1) is 7.11 Å². The Bertz CT molecular complexity index is 447. The van der Waals surface area contributed by atoms with Crippen LogP contribution in [0.1, 0.15) is 31.4 Å². The normalized spacial score (nSPS) is 21.3. The van der Waals surface area contributed by atoms with E-state index in [1.54, 1.807) is 7.11 Å². The number of rotatable bonds is 5. The number of likely N-dealkylation sites (tertiary alicyclic amines) is 1. The summed E-state index contributed by atoms with van der Waals surface area (Å²) in [5.74, 6) is 0.475. The van der Waals surface area contributed by atoms with Crippen LogP contribution in [0, 0.1) is 5.92 Å². The third-order valence-corrected chi connectivity index (χ3v) is 3.92. The Balaban J connectivity index is 2.04. The molecule has 0 aliphatic carbocycles. The fourth-order valence-electron chi connectivity index (χ4n) is 2.84. The summed E-state index contributed by atoms with van der Waals surface area (Å²) in [6.45, 7) is 3.96. The van der Waals surface area contributed by atoms with Crippen molar-refractivity contribution in [2.75, 3.05) is 20.2 Å². The quantitative estimate of drug-likeness (QED) is 0.887. The van der Waals surface area contributed by atoms with E-state index >= 15 is 0 Å². The molecule has 1 heterocycles. The molecule has 4 heteroatoms. The van der Waals surface area contributed by atoms with Gasteiger partial charge in [0.25, 0.3) is 0 Å². The lowest BCUT2D eigenvalue weighted by molar-refractivity contribution is -0.138. The first kappa shape index (κ1) is 13.9. The molecule has 2 rings (SSSR count). The zero-order chi connectivity index (χ0) is 13.8. The lowest BCUT2D eigenvalue weighted by atomic mass is 10.0. The van der Waals surface area contributed by atoms with E-state index in [-0.39, 0.29) is 18.4 Å². The van der Waals surface area contributed by atoms with Gasteiger partial charge in [-0.25, -0.2) is 0 Å². The van der Waals surface area contributed by atoms with Gasteiger partial charge in [0.15, 0.2) is 0 Å². The molecule has 2 unspecified atom stereocenters. The highest BCUT2D eigenvalue weighted by atomic mass is 16.5. The molecule has 2 atom stereocenters. The standard InChI is InChI=1S/C15H21NO3/c1-11(13-5-3-4-6-14(13)19-2)16-8-7-12(10-16)9-15(17)18/h3-6,11-12H,7-10H2,1-2H3,(H,17,18). The second-order valence-electron chi connectivity index (χ2n) is 5.17. The SMILES string of the molecule is COc1ccccc1C(C)N1CCC(CC(=O)O)C1. The van der Waals surface area contributed by atoms with E-state index in [0.717, 1.165) is 25.3 Å². The molecule has 1 aromatic rings. The fourth-order valence-corrected chi connectivity index (χ4v) is 2.84. The smallest absolute Gasteiger partial charge is 0.303 e. The maximum Gasteiger partial charge on any atom is 0.303 e. The van der Waals surface area contributed by atoms with Crippen molar-refractivity contribution in [3.63, 3.8) is 0 Å². The zero-order valence-electron chi connectivity index (χ0n) is 11.5. The molecule has 0 aromatic heterocycles. The average Bonchev–Trinajstić information content (AvgIpc) is 2.85. The Hall–Kier alpha value is -1.55. The number of hydrogen-bond donors (Lipinski definition) is 1. The topological polar surface area (TPSA) is 49.8 Å². The van der Waals surface area contributed by atoms with Crippen LogP contribution in [0.15, 0.2) is 24.3 Å². The van der Waals surface area contributed by atoms with Gasteiger partial charge in [0, 0.05) is 24.6 Å². The van der Waals surface area contributed by atoms with Crippen molar-refractivity contribution in [2.24, 2.45) is 5.92 Å². The number of nitrogens with zero attached hydrogens (tertiary/aromatic N) is 1. The molecule has 0 saturated carbocycles. The second kappa shape index (κ2) is 6.06. The second-order valence-corrected chi connectivity index (χ2v) is 5.17. The van der Waals surface area contributed by atoms with Crippen molar-refractivity contribution < 1.29 is 14.6 Å². The summed E-state index contributed by atoms with van der Waals surface area (Å²) in [5, 5.41) is 8.86. The molecule has 19 heavy (non-hydrogen) atoms. The first-order chi connectivity index (χ1) is 9.11. The number of para-hydroxylation sites is 1. The van der Waals surface area contributed by atoms with Gasteiger partial charge in [-0.05, 0) is 31.9 Å². The largest absolute Gasteiger partial charge is 0.496 e. The van der Waals surface area contributed by atoms with Crippen LogP contribution >= 0.6 is 0 Å². The summed E-state index contributed by atoms with van der Waals surface area (Å²) >= 11 is 0. The molecule has 1 fully saturated rings. The van der Waals surface area contributed by atoms with Crippen LogP contribution in [0.3, 0.4) is 0 Å². The van der Waals surface area contributed by atoms with E-state index in [9.17, 15) is 4.79 Å². The summed E-state index contributed by atoms with van der Waals surface area (Å²) in [6.07, 6.45) is 1.24. The van der Waals surface area contributed by atoms with Crippen molar-refractivity contribution >= 4 is 5.97 Å². The van der Waals surface area contributed by atoms with Crippen LogP contribution in [0.4, 0.5) is 0 Å². The van der Waals surface area contributed by atoms with Crippen molar-refractivity contribution in [1.29, 1.82) is 0 Å². The highest BCUT2D eigenvalue weighted by molar-refractivity contribution is 5.67. The van der Waals surface area contributed by atoms with E-state index in [0.29, 0.717) is 0 Å². The highest BCUT2D eigenvalue weighted by Crippen LogP contribution is 2.33. The Morgan fingerprint density at radius 1 is 1.53 bits per heavy atom. The van der Waals surface area contributed by atoms with E-state index < -0.39 is 5.97 Å². The number of carbonyl (C=O) groups is 1. The summed E-state index contributed by atoms with van der Waals surface area (Å²) in [4.78, 5) is 13.1. The van der Waals surface area contributed by atoms with Gasteiger partial charge in [0.1, 0.15) is 5.75 Å². The van der Waals surface area contributed by atoms with Crippen LogP contribution in [0.2, 0.25) is 0 Å².